The van der Waals surface area contributed by atoms with E-state index >= 15 is 0 Å². The fraction of sp³-hybridized carbons (Fsp3) is 0.0851. The van der Waals surface area contributed by atoms with Crippen LogP contribution in [-0.2, 0) is 39.3 Å². The summed E-state index contributed by atoms with van der Waals surface area (Å²) in [7, 11) is 0. The Bertz CT molecular complexity index is 2270. The van der Waals surface area contributed by atoms with Gasteiger partial charge in [0.25, 0.3) is 0 Å². The van der Waals surface area contributed by atoms with Gasteiger partial charge in [-0.15, -0.1) is 29.5 Å². The summed E-state index contributed by atoms with van der Waals surface area (Å²) in [6.07, 6.45) is 8.20. The summed E-state index contributed by atoms with van der Waals surface area (Å²) >= 11 is 1.84. The third kappa shape index (κ3) is 10.2. The molecule has 0 fully saturated rings. The molecule has 1 radical (unpaired) electrons. The molecule has 1 atom stereocenters. The molecule has 0 amide bonds. The van der Waals surface area contributed by atoms with Gasteiger partial charge in [0, 0.05) is 76.7 Å². The molecule has 0 spiro atoms. The van der Waals surface area contributed by atoms with Crippen molar-refractivity contribution in [2.24, 2.45) is 11.5 Å². The number of nitrogens with two attached hydrogens (primary N) is 2. The van der Waals surface area contributed by atoms with Crippen LogP contribution in [-0.4, -0.2) is 6.72 Å². The molecule has 4 nitrogen and oxygen atoms in total. The van der Waals surface area contributed by atoms with E-state index < -0.39 is 0 Å². The van der Waals surface area contributed by atoms with E-state index in [1.165, 1.54) is 42.4 Å². The zero-order chi connectivity index (χ0) is 36.9. The first-order valence-electron chi connectivity index (χ1n) is 17.1. The molecular weight excluding hydrogens is 742 g/mol. The summed E-state index contributed by atoms with van der Waals surface area (Å²) < 4.78 is 2.67. The molecule has 6 heteroatoms. The summed E-state index contributed by atoms with van der Waals surface area (Å²) in [4.78, 5) is 2.19. The van der Waals surface area contributed by atoms with Gasteiger partial charge in [-0.05, 0) is 72.9 Å². The maximum Gasteiger partial charge on any atom is 0.0449 e. The zero-order valence-electron chi connectivity index (χ0n) is 30.3. The van der Waals surface area contributed by atoms with Crippen molar-refractivity contribution in [2.45, 2.75) is 26.4 Å². The Hall–Kier alpha value is -4.75. The molecule has 0 aliphatic carbocycles. The molecule has 1 aromatic heterocycles. The number of nitrogens with zero attached hydrogens (tertiary/aromatic N) is 1. The van der Waals surface area contributed by atoms with Crippen molar-refractivity contribution in [3.63, 3.8) is 0 Å². The first-order chi connectivity index (χ1) is 25.4. The van der Waals surface area contributed by atoms with E-state index in [0.717, 1.165) is 28.1 Å². The maximum atomic E-state index is 6.01. The van der Waals surface area contributed by atoms with Crippen LogP contribution in [0.15, 0.2) is 164 Å². The Morgan fingerprint density at radius 3 is 2.15 bits per heavy atom. The zero-order valence-corrected chi connectivity index (χ0v) is 34.0. The second-order valence-electron chi connectivity index (χ2n) is 12.1. The molecule has 1 unspecified atom stereocenters. The summed E-state index contributed by atoms with van der Waals surface area (Å²) in [6.45, 7) is 11.5. The minimum absolute atomic E-state index is 0. The second-order valence-corrected chi connectivity index (χ2v) is 13.2. The molecule has 6 aromatic carbocycles. The van der Waals surface area contributed by atoms with Gasteiger partial charge in [-0.1, -0.05) is 97.6 Å². The van der Waals surface area contributed by atoms with Crippen LogP contribution in [0.3, 0.4) is 0 Å². The van der Waals surface area contributed by atoms with E-state index in [0.29, 0.717) is 6.54 Å². The average Bonchev–Trinajstić information content (AvgIpc) is 3.58. The number of fused-ring (bicyclic) bond motifs is 4. The van der Waals surface area contributed by atoms with Crippen LogP contribution < -0.4 is 16.4 Å². The Labute approximate surface area is 343 Å². The number of nitrogens with one attached hydrogen (secondary N) is 1. The van der Waals surface area contributed by atoms with Gasteiger partial charge < -0.3 is 21.8 Å². The van der Waals surface area contributed by atoms with E-state index in [9.17, 15) is 0 Å². The third-order valence-corrected chi connectivity index (χ3v) is 9.79. The topological polar surface area (TPSA) is 79.1 Å². The Morgan fingerprint density at radius 1 is 0.774 bits per heavy atom. The number of anilines is 2. The van der Waals surface area contributed by atoms with Crippen LogP contribution >= 0.6 is 11.3 Å². The predicted octanol–water partition coefficient (Wildman–Crippen LogP) is 12.0. The molecule has 263 valence electrons. The van der Waals surface area contributed by atoms with E-state index in [2.05, 4.69) is 128 Å². The van der Waals surface area contributed by atoms with Gasteiger partial charge in [0.2, 0.25) is 0 Å². The first kappa shape index (κ1) is 41.0. The monoisotopic (exact) mass is 785 g/mol. The number of hydrogen-bond donors (Lipinski definition) is 3. The van der Waals surface area contributed by atoms with Crippen LogP contribution in [0.4, 0.5) is 11.4 Å². The van der Waals surface area contributed by atoms with E-state index in [4.69, 9.17) is 16.9 Å². The molecule has 5 N–H and O–H groups in total. The number of allylic oxidation sites excluding steroid dienone is 4. The standard InChI is InChI=1S/C25H19N.C14H13NS.C7H9N.CH3N.Y/c1-19-9-6-7-18-26(24-13-8-10-20(2)25(19)24)23-16-14-22(15-17-23)21-11-4-3-5-12-21;1-9(15)10-6-4-7-12-11-5-2-3-8-13(11)16-14(10)12;8-6-7-4-2-1-3-5-7;1-2;/h3-11,13-14,16-18H,1H2,2H3;2-9H,15H2,1H3;1-5H,6,8H2;2H,1H2;/q-2;;;;/b9-6-,18-7-;;;;. The minimum atomic E-state index is 0. The molecule has 1 aliphatic rings. The smallest absolute Gasteiger partial charge is 0.0449 e. The molecule has 0 saturated heterocycles. The quantitative estimate of drug-likeness (QED) is 0.123. The number of benzene rings is 6. The average molecular weight is 786 g/mol. The van der Waals surface area contributed by atoms with Crippen molar-refractivity contribution in [3.8, 4) is 11.1 Å². The van der Waals surface area contributed by atoms with Gasteiger partial charge in [0.15, 0.2) is 0 Å². The Morgan fingerprint density at radius 2 is 1.47 bits per heavy atom. The van der Waals surface area contributed by atoms with Crippen LogP contribution in [0.2, 0.25) is 0 Å². The molecule has 0 saturated carbocycles. The van der Waals surface area contributed by atoms with Crippen molar-refractivity contribution in [1.82, 2.24) is 0 Å². The van der Waals surface area contributed by atoms with Crippen LogP contribution in [0.25, 0.3) is 36.9 Å². The van der Waals surface area contributed by atoms with Gasteiger partial charge >= 0.3 is 0 Å². The van der Waals surface area contributed by atoms with Gasteiger partial charge in [-0.25, -0.2) is 11.1 Å². The van der Waals surface area contributed by atoms with Gasteiger partial charge in [-0.3, -0.25) is 0 Å². The molecule has 2 heterocycles. The molecular formula is C47H44N4SY-2. The van der Waals surface area contributed by atoms with E-state index in [1.807, 2.05) is 85.0 Å². The Balaban J connectivity index is 0.000000197. The SMILES string of the molecule is C=C1/C=C\C=C/N(c2c[c-]c(-c3[c-]cccc3)cc2)c2cccc(C)c21.C=N.CC(N)c1cccc2c1sc1ccccc12.NCc1ccccc1.[Y]. The summed E-state index contributed by atoms with van der Waals surface area (Å²) in [6, 6.07) is 52.2. The van der Waals surface area contributed by atoms with Crippen LogP contribution in [0, 0.1) is 24.5 Å². The largest absolute Gasteiger partial charge is 0.357 e. The molecule has 1 aliphatic heterocycles. The molecule has 0 bridgehead atoms. The van der Waals surface area contributed by atoms with Crippen molar-refractivity contribution in [3.05, 3.63) is 199 Å². The molecule has 7 aromatic rings. The maximum absolute atomic E-state index is 6.01. The van der Waals surface area contributed by atoms with Gasteiger partial charge in [-0.2, -0.15) is 36.4 Å². The normalized spacial score (nSPS) is 13.2. The molecule has 8 rings (SSSR count). The summed E-state index contributed by atoms with van der Waals surface area (Å²) in [5, 5.41) is 8.17. The second kappa shape index (κ2) is 20.5. The van der Waals surface area contributed by atoms with Crippen molar-refractivity contribution in [1.29, 1.82) is 5.41 Å². The summed E-state index contributed by atoms with van der Waals surface area (Å²) in [5.41, 5.74) is 21.5. The fourth-order valence-electron chi connectivity index (χ4n) is 6.00. The van der Waals surface area contributed by atoms with E-state index in [1.54, 1.807) is 0 Å². The Kier molecular flexibility index (Phi) is 15.9. The van der Waals surface area contributed by atoms with Gasteiger partial charge in [0.05, 0.1) is 0 Å². The number of aryl methyl sites for hydroxylation is 1. The number of thiophene rings is 1. The van der Waals surface area contributed by atoms with E-state index in [-0.39, 0.29) is 38.8 Å². The van der Waals surface area contributed by atoms with Crippen molar-refractivity contribution >= 4 is 55.2 Å². The predicted molar refractivity (Wildman–Crippen MR) is 226 cm³/mol. The molecule has 53 heavy (non-hydrogen) atoms. The minimum Gasteiger partial charge on any atom is -0.357 e. The van der Waals surface area contributed by atoms with Crippen LogP contribution in [0.5, 0.6) is 0 Å². The summed E-state index contributed by atoms with van der Waals surface area (Å²) in [5.74, 6) is 0. The van der Waals surface area contributed by atoms with Crippen molar-refractivity contribution < 1.29 is 32.7 Å². The third-order valence-electron chi connectivity index (χ3n) is 8.55. The van der Waals surface area contributed by atoms with Gasteiger partial charge in [0.1, 0.15) is 0 Å². The number of hydrogen-bond acceptors (Lipinski definition) is 5. The van der Waals surface area contributed by atoms with Crippen LogP contribution in [0.1, 0.15) is 35.2 Å². The fourth-order valence-corrected chi connectivity index (χ4v) is 7.32. The first-order valence-corrected chi connectivity index (χ1v) is 17.9. The van der Waals surface area contributed by atoms with Crippen molar-refractivity contribution in [2.75, 3.05) is 4.90 Å². The number of rotatable bonds is 4.